The van der Waals surface area contributed by atoms with Gasteiger partial charge in [0.15, 0.2) is 0 Å². The molecule has 1 saturated heterocycles. The Morgan fingerprint density at radius 1 is 1.24 bits per heavy atom. The Kier molecular flexibility index (Phi) is 4.17. The van der Waals surface area contributed by atoms with Crippen molar-refractivity contribution < 1.29 is 4.79 Å². The van der Waals surface area contributed by atoms with E-state index in [2.05, 4.69) is 13.8 Å². The van der Waals surface area contributed by atoms with Crippen LogP contribution in [0.5, 0.6) is 0 Å². The minimum atomic E-state index is 0.0528. The highest BCUT2D eigenvalue weighted by molar-refractivity contribution is 7.21. The maximum atomic E-state index is 12.9. The van der Waals surface area contributed by atoms with Crippen molar-refractivity contribution in [1.29, 1.82) is 0 Å². The Morgan fingerprint density at radius 2 is 1.90 bits per heavy atom. The van der Waals surface area contributed by atoms with Gasteiger partial charge >= 0.3 is 0 Å². The molecule has 0 spiro atoms. The molecule has 112 valence electrons. The molecule has 21 heavy (non-hydrogen) atoms. The van der Waals surface area contributed by atoms with Crippen molar-refractivity contribution in [3.8, 4) is 0 Å². The zero-order valence-corrected chi connectivity index (χ0v) is 14.4. The van der Waals surface area contributed by atoms with Crippen LogP contribution in [0, 0.1) is 0 Å². The molecule has 1 aliphatic heterocycles. The standard InChI is InChI=1S/C16H17Cl2NOS/c1-9-4-3-5-10(2)19(9)16(20)15-14(18)12-7-6-11(17)8-13(12)21-15/h6-10H,3-5H2,1-2H3/t9-,10-/m1/s1. The van der Waals surface area contributed by atoms with Gasteiger partial charge in [-0.1, -0.05) is 29.3 Å². The molecule has 2 nitrogen and oxygen atoms in total. The SMILES string of the molecule is C[C@@H]1CCC[C@@H](C)N1C(=O)c1sc2cc(Cl)ccc2c1Cl. The van der Waals surface area contributed by atoms with Crippen molar-refractivity contribution in [2.24, 2.45) is 0 Å². The summed E-state index contributed by atoms with van der Waals surface area (Å²) in [5, 5.41) is 2.13. The fourth-order valence-electron chi connectivity index (χ4n) is 3.12. The van der Waals surface area contributed by atoms with Crippen LogP contribution in [0.2, 0.25) is 10.0 Å². The summed E-state index contributed by atoms with van der Waals surface area (Å²) in [6, 6.07) is 6.10. The van der Waals surface area contributed by atoms with Gasteiger partial charge in [-0.3, -0.25) is 4.79 Å². The molecule has 0 N–H and O–H groups in total. The zero-order chi connectivity index (χ0) is 15.1. The van der Waals surface area contributed by atoms with E-state index in [-0.39, 0.29) is 18.0 Å². The molecule has 0 unspecified atom stereocenters. The van der Waals surface area contributed by atoms with E-state index < -0.39 is 0 Å². The Balaban J connectivity index is 2.03. The number of amides is 1. The smallest absolute Gasteiger partial charge is 0.265 e. The molecule has 1 aliphatic rings. The monoisotopic (exact) mass is 341 g/mol. The van der Waals surface area contributed by atoms with E-state index in [4.69, 9.17) is 23.2 Å². The predicted molar refractivity (Wildman–Crippen MR) is 90.8 cm³/mol. The van der Waals surface area contributed by atoms with E-state index in [9.17, 15) is 4.79 Å². The predicted octanol–water partition coefficient (Wildman–Crippen LogP) is 5.61. The number of hydrogen-bond donors (Lipinski definition) is 0. The van der Waals surface area contributed by atoms with Gasteiger partial charge in [-0.05, 0) is 45.2 Å². The second-order valence-electron chi connectivity index (χ2n) is 5.73. The van der Waals surface area contributed by atoms with Crippen molar-refractivity contribution in [2.45, 2.75) is 45.2 Å². The van der Waals surface area contributed by atoms with Gasteiger partial charge in [0.25, 0.3) is 5.91 Å². The van der Waals surface area contributed by atoms with Crippen molar-refractivity contribution in [3.05, 3.63) is 33.1 Å². The third-order valence-electron chi connectivity index (χ3n) is 4.21. The number of benzene rings is 1. The van der Waals surface area contributed by atoms with Gasteiger partial charge in [0.05, 0.1) is 5.02 Å². The maximum absolute atomic E-state index is 12.9. The number of fused-ring (bicyclic) bond motifs is 1. The fourth-order valence-corrected chi connectivity index (χ4v) is 4.85. The molecule has 1 aromatic carbocycles. The molecule has 0 radical (unpaired) electrons. The number of hydrogen-bond acceptors (Lipinski definition) is 2. The molecule has 0 aliphatic carbocycles. The van der Waals surface area contributed by atoms with E-state index in [0.717, 1.165) is 22.9 Å². The molecule has 3 rings (SSSR count). The minimum absolute atomic E-state index is 0.0528. The van der Waals surface area contributed by atoms with Crippen LogP contribution in [-0.2, 0) is 0 Å². The Hall–Kier alpha value is -0.770. The third kappa shape index (κ3) is 2.67. The van der Waals surface area contributed by atoms with E-state index in [1.54, 1.807) is 0 Å². The van der Waals surface area contributed by atoms with Crippen LogP contribution in [0.1, 0.15) is 42.8 Å². The summed E-state index contributed by atoms with van der Waals surface area (Å²) in [5.41, 5.74) is 0. The first-order valence-electron chi connectivity index (χ1n) is 7.19. The fraction of sp³-hybridized carbons (Fsp3) is 0.438. The second kappa shape index (κ2) is 5.79. The van der Waals surface area contributed by atoms with Crippen LogP contribution < -0.4 is 0 Å². The van der Waals surface area contributed by atoms with Crippen molar-refractivity contribution in [2.75, 3.05) is 0 Å². The average Bonchev–Trinajstić information content (AvgIpc) is 2.75. The lowest BCUT2D eigenvalue weighted by molar-refractivity contribution is 0.0516. The quantitative estimate of drug-likeness (QED) is 0.659. The van der Waals surface area contributed by atoms with Gasteiger partial charge in [-0.15, -0.1) is 11.3 Å². The molecule has 1 fully saturated rings. The van der Waals surface area contributed by atoms with Gasteiger partial charge in [0.1, 0.15) is 4.88 Å². The molecule has 0 saturated carbocycles. The summed E-state index contributed by atoms with van der Waals surface area (Å²) in [5.74, 6) is 0.0528. The number of carbonyl (C=O) groups is 1. The van der Waals surface area contributed by atoms with Gasteiger partial charge < -0.3 is 4.90 Å². The molecule has 2 atom stereocenters. The lowest BCUT2D eigenvalue weighted by atomic mass is 9.97. The molecule has 1 amide bonds. The van der Waals surface area contributed by atoms with E-state index in [1.165, 1.54) is 17.8 Å². The maximum Gasteiger partial charge on any atom is 0.265 e. The largest absolute Gasteiger partial charge is 0.332 e. The number of halogens is 2. The molecule has 5 heteroatoms. The number of nitrogens with zero attached hydrogens (tertiary/aromatic N) is 1. The van der Waals surface area contributed by atoms with Gasteiger partial charge in [-0.25, -0.2) is 0 Å². The third-order valence-corrected chi connectivity index (χ3v) is 6.09. The summed E-state index contributed by atoms with van der Waals surface area (Å²) in [6.45, 7) is 4.23. The van der Waals surface area contributed by atoms with Crippen molar-refractivity contribution >= 4 is 50.5 Å². The van der Waals surface area contributed by atoms with Gasteiger partial charge in [0.2, 0.25) is 0 Å². The first-order valence-corrected chi connectivity index (χ1v) is 8.76. The minimum Gasteiger partial charge on any atom is -0.332 e. The first kappa shape index (κ1) is 15.1. The van der Waals surface area contributed by atoms with Crippen molar-refractivity contribution in [3.63, 3.8) is 0 Å². The summed E-state index contributed by atoms with van der Waals surface area (Å²) >= 11 is 13.9. The van der Waals surface area contributed by atoms with Crippen LogP contribution >= 0.6 is 34.5 Å². The lowest BCUT2D eigenvalue weighted by Gasteiger charge is -2.38. The molecular formula is C16H17Cl2NOS. The lowest BCUT2D eigenvalue weighted by Crippen LogP contribution is -2.47. The molecular weight excluding hydrogens is 325 g/mol. The van der Waals surface area contributed by atoms with Gasteiger partial charge in [-0.2, -0.15) is 0 Å². The summed E-state index contributed by atoms with van der Waals surface area (Å²) in [4.78, 5) is 15.5. The number of likely N-dealkylation sites (tertiary alicyclic amines) is 1. The van der Waals surface area contributed by atoms with Crippen LogP contribution in [0.25, 0.3) is 10.1 Å². The van der Waals surface area contributed by atoms with Crippen LogP contribution in [0.15, 0.2) is 18.2 Å². The van der Waals surface area contributed by atoms with Crippen LogP contribution in [0.4, 0.5) is 0 Å². The van der Waals surface area contributed by atoms with Crippen LogP contribution in [-0.4, -0.2) is 22.9 Å². The number of carbonyl (C=O) groups excluding carboxylic acids is 1. The highest BCUT2D eigenvalue weighted by atomic mass is 35.5. The van der Waals surface area contributed by atoms with E-state index in [0.29, 0.717) is 14.9 Å². The molecule has 2 heterocycles. The van der Waals surface area contributed by atoms with Crippen molar-refractivity contribution in [1.82, 2.24) is 4.90 Å². The number of rotatable bonds is 1. The Morgan fingerprint density at radius 3 is 2.57 bits per heavy atom. The van der Waals surface area contributed by atoms with E-state index in [1.807, 2.05) is 23.1 Å². The highest BCUT2D eigenvalue weighted by Crippen LogP contribution is 2.38. The summed E-state index contributed by atoms with van der Waals surface area (Å²) < 4.78 is 0.966. The van der Waals surface area contributed by atoms with Gasteiger partial charge in [0, 0.05) is 27.2 Å². The summed E-state index contributed by atoms with van der Waals surface area (Å²) in [7, 11) is 0. The topological polar surface area (TPSA) is 20.3 Å². The highest BCUT2D eigenvalue weighted by Gasteiger charge is 2.32. The Labute approximate surface area is 138 Å². The zero-order valence-electron chi connectivity index (χ0n) is 12.0. The number of piperidine rings is 1. The van der Waals surface area contributed by atoms with Crippen LogP contribution in [0.3, 0.4) is 0 Å². The first-order chi connectivity index (χ1) is 9.99. The number of thiophene rings is 1. The molecule has 0 bridgehead atoms. The second-order valence-corrected chi connectivity index (χ2v) is 7.59. The molecule has 1 aromatic heterocycles. The average molecular weight is 342 g/mol. The Bertz CT molecular complexity index is 687. The van der Waals surface area contributed by atoms with E-state index >= 15 is 0 Å². The molecule has 2 aromatic rings. The summed E-state index contributed by atoms with van der Waals surface area (Å²) in [6.07, 6.45) is 3.30. The normalized spacial score (nSPS) is 22.8.